The third-order valence-electron chi connectivity index (χ3n) is 4.76. The summed E-state index contributed by atoms with van der Waals surface area (Å²) in [5.41, 5.74) is 0.295. The van der Waals surface area contributed by atoms with E-state index < -0.39 is 16.1 Å². The average molecular weight is 409 g/mol. The second-order valence-corrected chi connectivity index (χ2v) is 9.65. The summed E-state index contributed by atoms with van der Waals surface area (Å²) in [6.07, 6.45) is 3.17. The van der Waals surface area contributed by atoms with Crippen molar-refractivity contribution in [2.75, 3.05) is 25.9 Å². The van der Waals surface area contributed by atoms with Gasteiger partial charge < -0.3 is 10.4 Å². The van der Waals surface area contributed by atoms with Gasteiger partial charge >= 0.3 is 0 Å². The van der Waals surface area contributed by atoms with Gasteiger partial charge in [0.15, 0.2) is 0 Å². The molecular weight excluding hydrogens is 379 g/mol. The van der Waals surface area contributed by atoms with Crippen LogP contribution in [-0.2, 0) is 10.0 Å². The van der Waals surface area contributed by atoms with Crippen LogP contribution >= 0.6 is 12.4 Å². The Morgan fingerprint density at radius 3 is 2.73 bits per heavy atom. The Labute approximate surface area is 162 Å². The van der Waals surface area contributed by atoms with Crippen molar-refractivity contribution in [3.8, 4) is 0 Å². The first-order chi connectivity index (χ1) is 11.6. The van der Waals surface area contributed by atoms with Crippen LogP contribution in [-0.4, -0.2) is 49.3 Å². The van der Waals surface area contributed by atoms with Crippen LogP contribution in [0.1, 0.15) is 44.8 Å². The van der Waals surface area contributed by atoms with E-state index in [2.05, 4.69) is 5.32 Å². The van der Waals surface area contributed by atoms with Crippen molar-refractivity contribution in [3.05, 3.63) is 35.6 Å². The van der Waals surface area contributed by atoms with Crippen molar-refractivity contribution in [2.24, 2.45) is 5.92 Å². The number of aliphatic hydroxyl groups is 1. The Kier molecular flexibility index (Phi) is 8.48. The molecule has 0 radical (unpaired) electrons. The lowest BCUT2D eigenvalue weighted by atomic mass is 9.86. The smallest absolute Gasteiger partial charge is 0.211 e. The number of aliphatic hydroxyl groups excluding tert-OH is 1. The minimum Gasteiger partial charge on any atom is -0.387 e. The number of β-amino-alcohol motifs (C(OH)–C–C–N with tert-alkyl or cyclic N) is 1. The van der Waals surface area contributed by atoms with Crippen molar-refractivity contribution < 1.29 is 17.9 Å². The molecule has 2 N–H and O–H groups in total. The Bertz CT molecular complexity index is 685. The Hall–Kier alpha value is -0.730. The molecule has 1 aromatic rings. The van der Waals surface area contributed by atoms with E-state index in [9.17, 15) is 17.9 Å². The third kappa shape index (κ3) is 7.12. The number of sulfonamides is 1. The number of hydrogen-bond donors (Lipinski definition) is 2. The van der Waals surface area contributed by atoms with E-state index >= 15 is 0 Å². The normalized spacial score (nSPS) is 20.4. The fourth-order valence-corrected chi connectivity index (χ4v) is 4.44. The molecule has 0 amide bonds. The molecule has 0 spiro atoms. The number of piperidine rings is 1. The van der Waals surface area contributed by atoms with Gasteiger partial charge in [0, 0.05) is 25.2 Å². The molecule has 2 rings (SSSR count). The maximum atomic E-state index is 13.3. The highest BCUT2D eigenvalue weighted by Gasteiger charge is 2.30. The van der Waals surface area contributed by atoms with Gasteiger partial charge in [-0.3, -0.25) is 0 Å². The van der Waals surface area contributed by atoms with Crippen molar-refractivity contribution in [1.82, 2.24) is 9.62 Å². The van der Waals surface area contributed by atoms with E-state index in [1.807, 2.05) is 13.8 Å². The standard InChI is InChI=1S/C18H29FN2O3S.ClH/c1-18(2,11-14-6-5-9-21(13-14)25(3,23)24)20-12-17(22)15-7-4-8-16(19)10-15;/h4,7-8,10,14,17,20,22H,5-6,9,11-13H2,1-3H3;1H/t14-,17-;/m0./s1. The van der Waals surface area contributed by atoms with Gasteiger partial charge in [-0.05, 0) is 56.7 Å². The highest BCUT2D eigenvalue weighted by molar-refractivity contribution is 7.88. The summed E-state index contributed by atoms with van der Waals surface area (Å²) in [5.74, 6) is -0.0730. The number of nitrogens with zero attached hydrogens (tertiary/aromatic N) is 1. The minimum atomic E-state index is -3.14. The summed E-state index contributed by atoms with van der Waals surface area (Å²) in [6, 6.07) is 5.98. The van der Waals surface area contributed by atoms with E-state index in [0.717, 1.165) is 19.3 Å². The maximum Gasteiger partial charge on any atom is 0.211 e. The van der Waals surface area contributed by atoms with E-state index in [4.69, 9.17) is 0 Å². The van der Waals surface area contributed by atoms with Gasteiger partial charge in [0.2, 0.25) is 10.0 Å². The van der Waals surface area contributed by atoms with E-state index in [-0.39, 0.29) is 29.7 Å². The number of benzene rings is 1. The summed E-state index contributed by atoms with van der Waals surface area (Å²) >= 11 is 0. The molecule has 1 saturated heterocycles. The maximum absolute atomic E-state index is 13.3. The molecule has 150 valence electrons. The van der Waals surface area contributed by atoms with Gasteiger partial charge in [-0.1, -0.05) is 12.1 Å². The highest BCUT2D eigenvalue weighted by Crippen LogP contribution is 2.27. The summed E-state index contributed by atoms with van der Waals surface area (Å²) in [7, 11) is -3.14. The van der Waals surface area contributed by atoms with Crippen LogP contribution in [0, 0.1) is 11.7 Å². The molecule has 2 atom stereocenters. The van der Waals surface area contributed by atoms with Crippen LogP contribution in [0.5, 0.6) is 0 Å². The first-order valence-corrected chi connectivity index (χ1v) is 10.6. The zero-order valence-corrected chi connectivity index (χ0v) is 17.2. The van der Waals surface area contributed by atoms with E-state index in [1.165, 1.54) is 18.4 Å². The van der Waals surface area contributed by atoms with Crippen LogP contribution in [0.4, 0.5) is 4.39 Å². The van der Waals surface area contributed by atoms with Crippen LogP contribution in [0.25, 0.3) is 0 Å². The molecule has 1 fully saturated rings. The fraction of sp³-hybridized carbons (Fsp3) is 0.667. The molecule has 0 unspecified atom stereocenters. The quantitative estimate of drug-likeness (QED) is 0.727. The first-order valence-electron chi connectivity index (χ1n) is 8.70. The largest absolute Gasteiger partial charge is 0.387 e. The van der Waals surface area contributed by atoms with Gasteiger partial charge in [0.25, 0.3) is 0 Å². The van der Waals surface area contributed by atoms with Crippen molar-refractivity contribution >= 4 is 22.4 Å². The van der Waals surface area contributed by atoms with E-state index in [1.54, 1.807) is 16.4 Å². The lowest BCUT2D eigenvalue weighted by molar-refractivity contribution is 0.147. The molecule has 0 saturated carbocycles. The number of nitrogens with one attached hydrogen (secondary N) is 1. The second-order valence-electron chi connectivity index (χ2n) is 7.67. The molecule has 1 aliphatic heterocycles. The van der Waals surface area contributed by atoms with Crippen LogP contribution in [0.2, 0.25) is 0 Å². The highest BCUT2D eigenvalue weighted by atomic mass is 35.5. The predicted octanol–water partition coefficient (Wildman–Crippen LogP) is 2.71. The van der Waals surface area contributed by atoms with Gasteiger partial charge in [0.1, 0.15) is 5.82 Å². The second kappa shape index (κ2) is 9.46. The molecule has 1 heterocycles. The third-order valence-corrected chi connectivity index (χ3v) is 6.03. The van der Waals surface area contributed by atoms with Gasteiger partial charge in [0.05, 0.1) is 12.4 Å². The lowest BCUT2D eigenvalue weighted by Gasteiger charge is -2.37. The molecular formula is C18H30ClFN2O3S. The number of rotatable bonds is 7. The van der Waals surface area contributed by atoms with E-state index in [0.29, 0.717) is 25.2 Å². The molecule has 0 bridgehead atoms. The Morgan fingerprint density at radius 1 is 1.42 bits per heavy atom. The zero-order valence-electron chi connectivity index (χ0n) is 15.6. The molecule has 0 aromatic heterocycles. The van der Waals surface area contributed by atoms with Crippen LogP contribution < -0.4 is 5.32 Å². The Balaban J connectivity index is 0.00000338. The lowest BCUT2D eigenvalue weighted by Crippen LogP contribution is -2.46. The Morgan fingerprint density at radius 2 is 2.12 bits per heavy atom. The molecule has 1 aliphatic rings. The molecule has 26 heavy (non-hydrogen) atoms. The van der Waals surface area contributed by atoms with Crippen molar-refractivity contribution in [2.45, 2.75) is 44.8 Å². The van der Waals surface area contributed by atoms with Gasteiger partial charge in [-0.15, -0.1) is 12.4 Å². The van der Waals surface area contributed by atoms with Crippen LogP contribution in [0.3, 0.4) is 0 Å². The summed E-state index contributed by atoms with van der Waals surface area (Å²) in [5, 5.41) is 13.6. The van der Waals surface area contributed by atoms with Crippen molar-refractivity contribution in [3.63, 3.8) is 0 Å². The zero-order chi connectivity index (χ0) is 18.7. The number of halogens is 2. The predicted molar refractivity (Wildman–Crippen MR) is 104 cm³/mol. The molecule has 5 nitrogen and oxygen atoms in total. The van der Waals surface area contributed by atoms with Gasteiger partial charge in [-0.2, -0.15) is 0 Å². The molecule has 8 heteroatoms. The van der Waals surface area contributed by atoms with Crippen LogP contribution in [0.15, 0.2) is 24.3 Å². The summed E-state index contributed by atoms with van der Waals surface area (Å²) in [6.45, 7) is 5.56. The van der Waals surface area contributed by atoms with Crippen molar-refractivity contribution in [1.29, 1.82) is 0 Å². The first kappa shape index (κ1) is 23.3. The monoisotopic (exact) mass is 408 g/mol. The number of hydrogen-bond acceptors (Lipinski definition) is 4. The molecule has 1 aromatic carbocycles. The molecule has 0 aliphatic carbocycles. The average Bonchev–Trinajstić information content (AvgIpc) is 2.52. The van der Waals surface area contributed by atoms with Gasteiger partial charge in [-0.25, -0.2) is 17.1 Å². The fourth-order valence-electron chi connectivity index (χ4n) is 3.49. The topological polar surface area (TPSA) is 69.6 Å². The summed E-state index contributed by atoms with van der Waals surface area (Å²) < 4.78 is 38.3. The minimum absolute atomic E-state index is 0. The summed E-state index contributed by atoms with van der Waals surface area (Å²) in [4.78, 5) is 0. The SMILES string of the molecule is CC(C)(C[C@@H]1CCCN(S(C)(=O)=O)C1)NC[C@H](O)c1cccc(F)c1.Cl.